The highest BCUT2D eigenvalue weighted by molar-refractivity contribution is 6.02. The molecule has 0 aromatic carbocycles. The van der Waals surface area contributed by atoms with Gasteiger partial charge in [-0.05, 0) is 19.8 Å². The van der Waals surface area contributed by atoms with Gasteiger partial charge in [0.1, 0.15) is 0 Å². The molecule has 0 fully saturated rings. The molecule has 0 bridgehead atoms. The molecule has 0 amide bonds. The van der Waals surface area contributed by atoms with Crippen LogP contribution in [-0.2, 0) is 6.54 Å². The van der Waals surface area contributed by atoms with E-state index in [9.17, 15) is 4.79 Å². The van der Waals surface area contributed by atoms with Gasteiger partial charge in [-0.1, -0.05) is 13.8 Å². The summed E-state index contributed by atoms with van der Waals surface area (Å²) in [5, 5.41) is 4.12. The first-order chi connectivity index (χ1) is 7.01. The molecular formula is C11H19N3O. The topological polar surface area (TPSA) is 60.9 Å². The summed E-state index contributed by atoms with van der Waals surface area (Å²) in [5.41, 5.74) is 5.72. The minimum atomic E-state index is -0.778. The van der Waals surface area contributed by atoms with Crippen LogP contribution < -0.4 is 5.73 Å². The molecule has 1 unspecified atom stereocenters. The second-order valence-corrected chi connectivity index (χ2v) is 4.09. The Morgan fingerprint density at radius 3 is 2.80 bits per heavy atom. The van der Waals surface area contributed by atoms with Crippen LogP contribution in [0.4, 0.5) is 0 Å². The van der Waals surface area contributed by atoms with Crippen LogP contribution in [0.25, 0.3) is 0 Å². The fraction of sp³-hybridized carbons (Fsp3) is 0.636. The molecule has 0 spiro atoms. The molecule has 0 aliphatic rings. The van der Waals surface area contributed by atoms with Crippen molar-refractivity contribution in [1.82, 2.24) is 9.78 Å². The number of nitrogens with zero attached hydrogens (tertiary/aromatic N) is 2. The highest BCUT2D eigenvalue weighted by Crippen LogP contribution is 2.13. The van der Waals surface area contributed by atoms with Crippen molar-refractivity contribution in [2.45, 2.75) is 45.7 Å². The van der Waals surface area contributed by atoms with Gasteiger partial charge in [-0.15, -0.1) is 0 Å². The molecule has 84 valence electrons. The molecule has 0 aliphatic carbocycles. The van der Waals surface area contributed by atoms with Crippen molar-refractivity contribution in [2.75, 3.05) is 0 Å². The molecule has 0 saturated heterocycles. The molecule has 1 atom stereocenters. The van der Waals surface area contributed by atoms with Crippen LogP contribution in [0.3, 0.4) is 0 Å². The van der Waals surface area contributed by atoms with E-state index in [1.54, 1.807) is 24.0 Å². The Balaban J connectivity index is 2.83. The van der Waals surface area contributed by atoms with E-state index in [0.29, 0.717) is 12.0 Å². The molecule has 1 rings (SSSR count). The average molecular weight is 209 g/mol. The smallest absolute Gasteiger partial charge is 0.185 e. The van der Waals surface area contributed by atoms with Gasteiger partial charge in [-0.2, -0.15) is 5.10 Å². The number of carbonyl (C=O) groups excluding carboxylic acids is 1. The van der Waals surface area contributed by atoms with E-state index in [1.165, 1.54) is 0 Å². The second kappa shape index (κ2) is 4.57. The van der Waals surface area contributed by atoms with E-state index in [0.717, 1.165) is 13.0 Å². The summed E-state index contributed by atoms with van der Waals surface area (Å²) in [7, 11) is 0. The quantitative estimate of drug-likeness (QED) is 0.749. The number of aromatic nitrogens is 2. The van der Waals surface area contributed by atoms with Gasteiger partial charge in [0.05, 0.1) is 17.3 Å². The molecule has 1 heterocycles. The van der Waals surface area contributed by atoms with Crippen molar-refractivity contribution in [3.05, 3.63) is 18.0 Å². The van der Waals surface area contributed by atoms with Gasteiger partial charge in [0.2, 0.25) is 0 Å². The van der Waals surface area contributed by atoms with Crippen molar-refractivity contribution >= 4 is 5.78 Å². The van der Waals surface area contributed by atoms with E-state index in [4.69, 9.17) is 5.73 Å². The third kappa shape index (κ3) is 2.65. The zero-order valence-electron chi connectivity index (χ0n) is 9.66. The molecule has 0 radical (unpaired) electrons. The van der Waals surface area contributed by atoms with Crippen LogP contribution in [0.15, 0.2) is 12.4 Å². The van der Waals surface area contributed by atoms with Gasteiger partial charge in [-0.25, -0.2) is 0 Å². The van der Waals surface area contributed by atoms with Crippen molar-refractivity contribution in [3.63, 3.8) is 0 Å². The summed E-state index contributed by atoms with van der Waals surface area (Å²) in [5.74, 6) is -0.0349. The van der Waals surface area contributed by atoms with Gasteiger partial charge in [0, 0.05) is 12.7 Å². The predicted octanol–water partition coefficient (Wildman–Crippen LogP) is 1.60. The first-order valence-electron chi connectivity index (χ1n) is 5.37. The van der Waals surface area contributed by atoms with E-state index in [2.05, 4.69) is 12.0 Å². The van der Waals surface area contributed by atoms with Crippen molar-refractivity contribution in [1.29, 1.82) is 0 Å². The molecular weight excluding hydrogens is 190 g/mol. The molecule has 4 nitrogen and oxygen atoms in total. The number of carbonyl (C=O) groups is 1. The molecule has 15 heavy (non-hydrogen) atoms. The maximum Gasteiger partial charge on any atom is 0.185 e. The summed E-state index contributed by atoms with van der Waals surface area (Å²) in [6.45, 7) is 6.57. The van der Waals surface area contributed by atoms with E-state index in [1.807, 2.05) is 6.92 Å². The van der Waals surface area contributed by atoms with E-state index in [-0.39, 0.29) is 5.78 Å². The summed E-state index contributed by atoms with van der Waals surface area (Å²) in [4.78, 5) is 11.9. The normalized spacial score (nSPS) is 14.9. The number of Topliss-reactive ketones (excluding diaryl/α,β-unsaturated/α-hetero) is 1. The van der Waals surface area contributed by atoms with Gasteiger partial charge in [0.25, 0.3) is 0 Å². The monoisotopic (exact) mass is 209 g/mol. The Hall–Kier alpha value is -1.16. The van der Waals surface area contributed by atoms with Gasteiger partial charge >= 0.3 is 0 Å². The lowest BCUT2D eigenvalue weighted by molar-refractivity contribution is 0.0897. The number of nitrogens with two attached hydrogens (primary N) is 1. The second-order valence-electron chi connectivity index (χ2n) is 4.09. The lowest BCUT2D eigenvalue weighted by Crippen LogP contribution is -2.44. The number of ketones is 1. The maximum absolute atomic E-state index is 11.9. The van der Waals surface area contributed by atoms with Crippen LogP contribution >= 0.6 is 0 Å². The molecule has 0 aliphatic heterocycles. The first kappa shape index (κ1) is 11.9. The number of rotatable bonds is 5. The molecule has 4 heteroatoms. The minimum Gasteiger partial charge on any atom is -0.319 e. The fourth-order valence-electron chi connectivity index (χ4n) is 1.32. The minimum absolute atomic E-state index is 0.0349. The number of hydrogen-bond acceptors (Lipinski definition) is 3. The highest BCUT2D eigenvalue weighted by atomic mass is 16.1. The zero-order chi connectivity index (χ0) is 11.5. The number of hydrogen-bond donors (Lipinski definition) is 1. The average Bonchev–Trinajstić information content (AvgIpc) is 2.66. The predicted molar refractivity (Wildman–Crippen MR) is 59.7 cm³/mol. The summed E-state index contributed by atoms with van der Waals surface area (Å²) >= 11 is 0. The summed E-state index contributed by atoms with van der Waals surface area (Å²) in [6.07, 6.45) is 5.00. The third-order valence-corrected chi connectivity index (χ3v) is 2.60. The van der Waals surface area contributed by atoms with Crippen LogP contribution in [0, 0.1) is 0 Å². The molecule has 1 aromatic rings. The van der Waals surface area contributed by atoms with Gasteiger partial charge < -0.3 is 5.73 Å². The van der Waals surface area contributed by atoms with E-state index < -0.39 is 5.54 Å². The number of aryl methyl sites for hydroxylation is 1. The molecule has 2 N–H and O–H groups in total. The van der Waals surface area contributed by atoms with Gasteiger partial charge in [0.15, 0.2) is 5.78 Å². The Bertz CT molecular complexity index is 341. The lowest BCUT2D eigenvalue weighted by atomic mass is 9.91. The summed E-state index contributed by atoms with van der Waals surface area (Å²) in [6, 6.07) is 0. The third-order valence-electron chi connectivity index (χ3n) is 2.60. The Labute approximate surface area is 90.5 Å². The maximum atomic E-state index is 11.9. The first-order valence-corrected chi connectivity index (χ1v) is 5.37. The Kier molecular flexibility index (Phi) is 3.63. The standard InChI is InChI=1S/C11H19N3O/c1-4-6-14-8-9(7-13-14)10(15)11(3,12)5-2/h7-8H,4-6,12H2,1-3H3. The molecule has 1 aromatic heterocycles. The van der Waals surface area contributed by atoms with Crippen molar-refractivity contribution < 1.29 is 4.79 Å². The SMILES string of the molecule is CCCn1cc(C(=O)C(C)(N)CC)cn1. The van der Waals surface area contributed by atoms with Crippen LogP contribution in [0.2, 0.25) is 0 Å². The highest BCUT2D eigenvalue weighted by Gasteiger charge is 2.27. The summed E-state index contributed by atoms with van der Waals surface area (Å²) < 4.78 is 1.78. The van der Waals surface area contributed by atoms with Crippen LogP contribution in [0.1, 0.15) is 44.0 Å². The van der Waals surface area contributed by atoms with E-state index >= 15 is 0 Å². The Morgan fingerprint density at radius 2 is 2.27 bits per heavy atom. The Morgan fingerprint density at radius 1 is 1.60 bits per heavy atom. The van der Waals surface area contributed by atoms with Gasteiger partial charge in [-0.3, -0.25) is 9.48 Å². The molecule has 0 saturated carbocycles. The lowest BCUT2D eigenvalue weighted by Gasteiger charge is -2.19. The fourth-order valence-corrected chi connectivity index (χ4v) is 1.32. The zero-order valence-corrected chi connectivity index (χ0v) is 9.66. The van der Waals surface area contributed by atoms with Crippen molar-refractivity contribution in [2.24, 2.45) is 5.73 Å². The van der Waals surface area contributed by atoms with Crippen LogP contribution in [-0.4, -0.2) is 21.1 Å². The van der Waals surface area contributed by atoms with Crippen molar-refractivity contribution in [3.8, 4) is 0 Å². The van der Waals surface area contributed by atoms with Crippen LogP contribution in [0.5, 0.6) is 0 Å². The largest absolute Gasteiger partial charge is 0.319 e.